The first-order valence-electron chi connectivity index (χ1n) is 9.61. The number of hydrogen-bond donors (Lipinski definition) is 1. The van der Waals surface area contributed by atoms with E-state index in [0.29, 0.717) is 23.2 Å². The van der Waals surface area contributed by atoms with Crippen LogP contribution in [0.25, 0.3) is 16.5 Å². The number of rotatable bonds is 4. The molecule has 0 spiro atoms. The van der Waals surface area contributed by atoms with Gasteiger partial charge < -0.3 is 5.32 Å². The van der Waals surface area contributed by atoms with Crippen molar-refractivity contribution < 1.29 is 18.0 Å². The molecular formula is C22H19F3N4O. The SMILES string of the molecule is O=C(NCc1cccnn1)c1cnc2c(C3=CC[C@@H](C(F)(F)F)CC3)cccc2c1. The Bertz CT molecular complexity index is 1100. The average Bonchev–Trinajstić information content (AvgIpc) is 2.77. The van der Waals surface area contributed by atoms with Crippen LogP contribution in [0.4, 0.5) is 13.2 Å². The Morgan fingerprint density at radius 2 is 2.07 bits per heavy atom. The largest absolute Gasteiger partial charge is 0.392 e. The molecule has 0 saturated heterocycles. The zero-order valence-electron chi connectivity index (χ0n) is 16.0. The molecule has 5 nitrogen and oxygen atoms in total. The number of hydrogen-bond acceptors (Lipinski definition) is 4. The van der Waals surface area contributed by atoms with E-state index in [0.717, 1.165) is 16.5 Å². The molecular weight excluding hydrogens is 393 g/mol. The number of alkyl halides is 3. The van der Waals surface area contributed by atoms with Gasteiger partial charge in [0.2, 0.25) is 0 Å². The van der Waals surface area contributed by atoms with Gasteiger partial charge >= 0.3 is 6.18 Å². The van der Waals surface area contributed by atoms with E-state index in [9.17, 15) is 18.0 Å². The van der Waals surface area contributed by atoms with Crippen LogP contribution in [0.2, 0.25) is 0 Å². The Hall–Kier alpha value is -3.29. The number of nitrogens with one attached hydrogen (secondary N) is 1. The standard InChI is InChI=1S/C22H19F3N4O/c23-22(24,25)17-8-6-14(7-9-17)19-5-1-3-15-11-16(12-26-20(15)19)21(30)27-13-18-4-2-10-28-29-18/h1-6,10-12,17H,7-9,13H2,(H,27,30)/t17-/m1/s1. The van der Waals surface area contributed by atoms with E-state index in [2.05, 4.69) is 20.5 Å². The number of nitrogens with zero attached hydrogens (tertiary/aromatic N) is 3. The molecule has 1 aliphatic carbocycles. The van der Waals surface area contributed by atoms with Gasteiger partial charge in [-0.05, 0) is 43.0 Å². The van der Waals surface area contributed by atoms with Gasteiger partial charge in [0, 0.05) is 23.3 Å². The quantitative estimate of drug-likeness (QED) is 0.675. The third-order valence-corrected chi connectivity index (χ3v) is 5.25. The highest BCUT2D eigenvalue weighted by Crippen LogP contribution is 2.40. The average molecular weight is 412 g/mol. The molecule has 0 aliphatic heterocycles. The maximum atomic E-state index is 12.9. The van der Waals surface area contributed by atoms with Crippen molar-refractivity contribution in [3.8, 4) is 0 Å². The van der Waals surface area contributed by atoms with Gasteiger partial charge in [-0.15, -0.1) is 0 Å². The number of allylic oxidation sites excluding steroid dienone is 2. The van der Waals surface area contributed by atoms with E-state index in [-0.39, 0.29) is 25.3 Å². The van der Waals surface area contributed by atoms with Crippen molar-refractivity contribution in [3.63, 3.8) is 0 Å². The summed E-state index contributed by atoms with van der Waals surface area (Å²) < 4.78 is 38.8. The molecule has 2 heterocycles. The first-order chi connectivity index (χ1) is 14.4. The van der Waals surface area contributed by atoms with Crippen LogP contribution in [0.5, 0.6) is 0 Å². The number of carbonyl (C=O) groups excluding carboxylic acids is 1. The molecule has 0 bridgehead atoms. The fourth-order valence-electron chi connectivity index (χ4n) is 3.62. The molecule has 1 atom stereocenters. The zero-order valence-corrected chi connectivity index (χ0v) is 16.0. The van der Waals surface area contributed by atoms with Crippen LogP contribution in [0, 0.1) is 5.92 Å². The van der Waals surface area contributed by atoms with Crippen molar-refractivity contribution in [2.75, 3.05) is 0 Å². The number of benzene rings is 1. The maximum absolute atomic E-state index is 12.9. The summed E-state index contributed by atoms with van der Waals surface area (Å²) in [4.78, 5) is 16.9. The summed E-state index contributed by atoms with van der Waals surface area (Å²) in [5.41, 5.74) is 3.41. The number of fused-ring (bicyclic) bond motifs is 1. The lowest BCUT2D eigenvalue weighted by molar-refractivity contribution is -0.175. The molecule has 1 amide bonds. The van der Waals surface area contributed by atoms with E-state index in [1.165, 1.54) is 6.20 Å². The molecule has 4 rings (SSSR count). The van der Waals surface area contributed by atoms with Gasteiger partial charge in [-0.2, -0.15) is 23.4 Å². The first kappa shape index (κ1) is 20.0. The zero-order chi connectivity index (χ0) is 21.1. The van der Waals surface area contributed by atoms with Crippen LogP contribution in [-0.4, -0.2) is 27.3 Å². The molecule has 0 saturated carbocycles. The van der Waals surface area contributed by atoms with Crippen LogP contribution in [0.3, 0.4) is 0 Å². The van der Waals surface area contributed by atoms with E-state index in [4.69, 9.17) is 0 Å². The monoisotopic (exact) mass is 412 g/mol. The lowest BCUT2D eigenvalue weighted by Crippen LogP contribution is -2.24. The second kappa shape index (κ2) is 8.22. The highest BCUT2D eigenvalue weighted by atomic mass is 19.4. The fourth-order valence-corrected chi connectivity index (χ4v) is 3.62. The Balaban J connectivity index is 1.54. The van der Waals surface area contributed by atoms with E-state index < -0.39 is 12.1 Å². The van der Waals surface area contributed by atoms with Crippen LogP contribution >= 0.6 is 0 Å². The summed E-state index contributed by atoms with van der Waals surface area (Å²) >= 11 is 0. The number of para-hydroxylation sites is 1. The summed E-state index contributed by atoms with van der Waals surface area (Å²) in [6.07, 6.45) is 0.963. The smallest absolute Gasteiger partial charge is 0.346 e. The highest BCUT2D eigenvalue weighted by Gasteiger charge is 2.39. The summed E-state index contributed by atoms with van der Waals surface area (Å²) in [5, 5.41) is 11.2. The fraction of sp³-hybridized carbons (Fsp3) is 0.273. The molecule has 0 fully saturated rings. The van der Waals surface area contributed by atoms with Crippen molar-refractivity contribution in [2.45, 2.75) is 32.0 Å². The van der Waals surface area contributed by atoms with Crippen LogP contribution < -0.4 is 5.32 Å². The van der Waals surface area contributed by atoms with Gasteiger partial charge in [0.1, 0.15) is 0 Å². The Morgan fingerprint density at radius 1 is 1.20 bits per heavy atom. The van der Waals surface area contributed by atoms with Gasteiger partial charge in [0.25, 0.3) is 5.91 Å². The summed E-state index contributed by atoms with van der Waals surface area (Å²) in [7, 11) is 0. The molecule has 1 aromatic carbocycles. The van der Waals surface area contributed by atoms with Crippen molar-refractivity contribution in [1.82, 2.24) is 20.5 Å². The minimum atomic E-state index is -4.16. The van der Waals surface area contributed by atoms with Crippen molar-refractivity contribution in [2.24, 2.45) is 5.92 Å². The molecule has 0 radical (unpaired) electrons. The van der Waals surface area contributed by atoms with E-state index >= 15 is 0 Å². The van der Waals surface area contributed by atoms with Gasteiger partial charge in [-0.25, -0.2) is 0 Å². The Kier molecular flexibility index (Phi) is 5.48. The lowest BCUT2D eigenvalue weighted by Gasteiger charge is -2.24. The normalized spacial score (nSPS) is 16.9. The predicted octanol–water partition coefficient (Wildman–Crippen LogP) is 4.70. The van der Waals surface area contributed by atoms with E-state index in [1.807, 2.05) is 18.2 Å². The highest BCUT2D eigenvalue weighted by molar-refractivity contribution is 5.99. The third kappa shape index (κ3) is 4.32. The molecule has 1 aliphatic rings. The number of carbonyl (C=O) groups is 1. The maximum Gasteiger partial charge on any atom is 0.392 e. The molecule has 0 unspecified atom stereocenters. The molecule has 2 aromatic heterocycles. The third-order valence-electron chi connectivity index (χ3n) is 5.25. The summed E-state index contributed by atoms with van der Waals surface area (Å²) in [5.74, 6) is -1.57. The first-order valence-corrected chi connectivity index (χ1v) is 9.61. The van der Waals surface area contributed by atoms with Gasteiger partial charge in [-0.1, -0.05) is 24.3 Å². The van der Waals surface area contributed by atoms with Crippen LogP contribution in [0.15, 0.2) is 54.9 Å². The number of aromatic nitrogens is 3. The van der Waals surface area contributed by atoms with Crippen LogP contribution in [-0.2, 0) is 6.54 Å². The second-order valence-electron chi connectivity index (χ2n) is 7.24. The van der Waals surface area contributed by atoms with Crippen molar-refractivity contribution >= 4 is 22.4 Å². The minimum Gasteiger partial charge on any atom is -0.346 e. The lowest BCUT2D eigenvalue weighted by atomic mass is 9.85. The van der Waals surface area contributed by atoms with Crippen LogP contribution in [0.1, 0.15) is 40.9 Å². The molecule has 1 N–H and O–H groups in total. The number of amides is 1. The predicted molar refractivity (Wildman–Crippen MR) is 106 cm³/mol. The summed E-state index contributed by atoms with van der Waals surface area (Å²) in [6.45, 7) is 0.248. The molecule has 3 aromatic rings. The van der Waals surface area contributed by atoms with Crippen molar-refractivity contribution in [3.05, 3.63) is 71.7 Å². The van der Waals surface area contributed by atoms with Gasteiger partial charge in [-0.3, -0.25) is 9.78 Å². The molecule has 8 heteroatoms. The second-order valence-corrected chi connectivity index (χ2v) is 7.24. The van der Waals surface area contributed by atoms with Crippen molar-refractivity contribution in [1.29, 1.82) is 0 Å². The van der Waals surface area contributed by atoms with Gasteiger partial charge in [0.15, 0.2) is 0 Å². The Morgan fingerprint density at radius 3 is 2.77 bits per heavy atom. The van der Waals surface area contributed by atoms with E-state index in [1.54, 1.807) is 30.5 Å². The summed E-state index contributed by atoms with van der Waals surface area (Å²) in [6, 6.07) is 10.8. The molecule has 154 valence electrons. The van der Waals surface area contributed by atoms with Gasteiger partial charge in [0.05, 0.1) is 29.2 Å². The number of halogens is 3. The number of pyridine rings is 1. The topological polar surface area (TPSA) is 67.8 Å². The minimum absolute atomic E-state index is 0.0158. The molecule has 30 heavy (non-hydrogen) atoms. The Labute approximate surface area is 171 Å².